The van der Waals surface area contributed by atoms with Gasteiger partial charge in [0.05, 0.1) is 0 Å². The number of nitrogens with two attached hydrogens (primary N) is 1. The number of rotatable bonds is 1. The SMILES string of the molecule is NC[C@H]1C=CN=C2N=CC=C21. The molecule has 0 amide bonds. The molecule has 0 unspecified atom stereocenters. The van der Waals surface area contributed by atoms with Crippen LogP contribution in [0.15, 0.2) is 33.9 Å². The first-order valence-corrected chi connectivity index (χ1v) is 3.61. The Hall–Kier alpha value is -1.22. The zero-order chi connectivity index (χ0) is 7.68. The van der Waals surface area contributed by atoms with Crippen LogP contribution in [0.4, 0.5) is 0 Å². The Morgan fingerprint density at radius 1 is 1.55 bits per heavy atom. The predicted molar refractivity (Wildman–Crippen MR) is 45.7 cm³/mol. The number of fused-ring (bicyclic) bond motifs is 1. The molecule has 0 aromatic rings. The highest BCUT2D eigenvalue weighted by Gasteiger charge is 2.19. The fourth-order valence-electron chi connectivity index (χ4n) is 1.26. The summed E-state index contributed by atoms with van der Waals surface area (Å²) in [5.74, 6) is 1.13. The first kappa shape index (κ1) is 6.49. The lowest BCUT2D eigenvalue weighted by Crippen LogP contribution is -2.19. The van der Waals surface area contributed by atoms with Gasteiger partial charge in [-0.15, -0.1) is 0 Å². The molecular formula is C8H9N3. The molecule has 2 heterocycles. The van der Waals surface area contributed by atoms with Crippen molar-refractivity contribution in [3.05, 3.63) is 23.9 Å². The van der Waals surface area contributed by atoms with Crippen LogP contribution in [0, 0.1) is 5.92 Å². The Balaban J connectivity index is 2.34. The number of nitrogens with zero attached hydrogens (tertiary/aromatic N) is 2. The van der Waals surface area contributed by atoms with Gasteiger partial charge in [-0.3, -0.25) is 0 Å². The van der Waals surface area contributed by atoms with Gasteiger partial charge in [0, 0.05) is 30.5 Å². The maximum atomic E-state index is 5.56. The molecule has 2 aliphatic heterocycles. The largest absolute Gasteiger partial charge is 0.330 e. The van der Waals surface area contributed by atoms with Crippen molar-refractivity contribution in [2.45, 2.75) is 0 Å². The van der Waals surface area contributed by atoms with Gasteiger partial charge in [0.2, 0.25) is 0 Å². The molecule has 0 saturated heterocycles. The van der Waals surface area contributed by atoms with E-state index in [4.69, 9.17) is 5.73 Å². The lowest BCUT2D eigenvalue weighted by Gasteiger charge is -2.13. The zero-order valence-electron chi connectivity index (χ0n) is 6.07. The van der Waals surface area contributed by atoms with Crippen molar-refractivity contribution in [3.8, 4) is 0 Å². The first-order chi connectivity index (χ1) is 5.42. The normalized spacial score (nSPS) is 26.5. The molecule has 0 aromatic heterocycles. The van der Waals surface area contributed by atoms with Crippen molar-refractivity contribution in [1.29, 1.82) is 0 Å². The maximum absolute atomic E-state index is 5.56. The molecule has 0 radical (unpaired) electrons. The van der Waals surface area contributed by atoms with E-state index in [0.29, 0.717) is 12.5 Å². The summed E-state index contributed by atoms with van der Waals surface area (Å²) in [6.07, 6.45) is 7.51. The molecule has 0 spiro atoms. The van der Waals surface area contributed by atoms with E-state index in [2.05, 4.69) is 9.98 Å². The number of amidine groups is 1. The molecule has 0 aromatic carbocycles. The van der Waals surface area contributed by atoms with Crippen LogP contribution in [0.1, 0.15) is 0 Å². The molecule has 11 heavy (non-hydrogen) atoms. The summed E-state index contributed by atoms with van der Waals surface area (Å²) < 4.78 is 0. The summed E-state index contributed by atoms with van der Waals surface area (Å²) in [6.45, 7) is 0.630. The number of hydrogen-bond donors (Lipinski definition) is 1. The second-order valence-electron chi connectivity index (χ2n) is 2.54. The van der Waals surface area contributed by atoms with E-state index in [1.165, 1.54) is 0 Å². The lowest BCUT2D eigenvalue weighted by atomic mass is 9.97. The third-order valence-corrected chi connectivity index (χ3v) is 1.88. The van der Waals surface area contributed by atoms with Crippen LogP contribution in [0.5, 0.6) is 0 Å². The van der Waals surface area contributed by atoms with Gasteiger partial charge >= 0.3 is 0 Å². The smallest absolute Gasteiger partial charge is 0.155 e. The van der Waals surface area contributed by atoms with E-state index >= 15 is 0 Å². The van der Waals surface area contributed by atoms with Crippen LogP contribution >= 0.6 is 0 Å². The van der Waals surface area contributed by atoms with Gasteiger partial charge in [0.25, 0.3) is 0 Å². The summed E-state index contributed by atoms with van der Waals surface area (Å²) in [5, 5.41) is 0. The first-order valence-electron chi connectivity index (χ1n) is 3.61. The average Bonchev–Trinajstić information content (AvgIpc) is 2.50. The Morgan fingerprint density at radius 2 is 2.45 bits per heavy atom. The highest BCUT2D eigenvalue weighted by molar-refractivity contribution is 6.12. The van der Waals surface area contributed by atoms with Gasteiger partial charge in [0.1, 0.15) is 0 Å². The molecule has 0 bridgehead atoms. The fraction of sp³-hybridized carbons (Fsp3) is 0.250. The van der Waals surface area contributed by atoms with Crippen molar-refractivity contribution in [2.75, 3.05) is 6.54 Å². The van der Waals surface area contributed by atoms with Crippen molar-refractivity contribution in [1.82, 2.24) is 0 Å². The molecule has 1 atom stereocenters. The van der Waals surface area contributed by atoms with Crippen LogP contribution in [-0.2, 0) is 0 Å². The molecule has 3 nitrogen and oxygen atoms in total. The van der Waals surface area contributed by atoms with Crippen molar-refractivity contribution in [3.63, 3.8) is 0 Å². The van der Waals surface area contributed by atoms with Crippen LogP contribution in [0.25, 0.3) is 0 Å². The Bertz CT molecular complexity index is 284. The minimum Gasteiger partial charge on any atom is -0.330 e. The van der Waals surface area contributed by atoms with Crippen molar-refractivity contribution in [2.24, 2.45) is 21.6 Å². The summed E-state index contributed by atoms with van der Waals surface area (Å²) >= 11 is 0. The van der Waals surface area contributed by atoms with Gasteiger partial charge in [-0.05, 0) is 6.08 Å². The predicted octanol–water partition coefficient (Wildman–Crippen LogP) is 0.498. The van der Waals surface area contributed by atoms with Crippen molar-refractivity contribution >= 4 is 12.1 Å². The molecule has 0 fully saturated rings. The fourth-order valence-corrected chi connectivity index (χ4v) is 1.26. The standard InChI is InChI=1S/C8H9N3/c9-5-6-1-3-10-8-7(6)2-4-11-8/h1-4,6H,5,9H2/t6-/m1/s1. The van der Waals surface area contributed by atoms with E-state index in [9.17, 15) is 0 Å². The van der Waals surface area contributed by atoms with Gasteiger partial charge < -0.3 is 5.73 Å². The lowest BCUT2D eigenvalue weighted by molar-refractivity contribution is 0.789. The van der Waals surface area contributed by atoms with Crippen LogP contribution in [0.3, 0.4) is 0 Å². The highest BCUT2D eigenvalue weighted by atomic mass is 14.9. The van der Waals surface area contributed by atoms with Crippen LogP contribution in [-0.4, -0.2) is 18.6 Å². The third kappa shape index (κ3) is 0.935. The Morgan fingerprint density at radius 3 is 3.27 bits per heavy atom. The minimum absolute atomic E-state index is 0.310. The van der Waals surface area contributed by atoms with Crippen molar-refractivity contribution < 1.29 is 0 Å². The maximum Gasteiger partial charge on any atom is 0.155 e. The monoisotopic (exact) mass is 147 g/mol. The molecule has 2 N–H and O–H groups in total. The minimum atomic E-state index is 0.310. The van der Waals surface area contributed by atoms with E-state index in [-0.39, 0.29) is 0 Å². The van der Waals surface area contributed by atoms with Gasteiger partial charge in [-0.1, -0.05) is 6.08 Å². The van der Waals surface area contributed by atoms with E-state index < -0.39 is 0 Å². The average molecular weight is 147 g/mol. The quantitative estimate of drug-likeness (QED) is 0.576. The van der Waals surface area contributed by atoms with Crippen LogP contribution < -0.4 is 5.73 Å². The Labute approximate surface area is 65.0 Å². The summed E-state index contributed by atoms with van der Waals surface area (Å²) in [4.78, 5) is 8.19. The third-order valence-electron chi connectivity index (χ3n) is 1.88. The van der Waals surface area contributed by atoms with Crippen LogP contribution in [0.2, 0.25) is 0 Å². The molecular weight excluding hydrogens is 138 g/mol. The highest BCUT2D eigenvalue weighted by Crippen LogP contribution is 2.20. The zero-order valence-corrected chi connectivity index (χ0v) is 6.07. The number of aliphatic imine (C=N–C) groups is 2. The molecule has 0 saturated carbocycles. The summed E-state index contributed by atoms with van der Waals surface area (Å²) in [6, 6.07) is 0. The topological polar surface area (TPSA) is 50.7 Å². The van der Waals surface area contributed by atoms with E-state index in [1.54, 1.807) is 12.4 Å². The molecule has 56 valence electrons. The molecule has 2 aliphatic rings. The molecule has 3 heteroatoms. The second kappa shape index (κ2) is 2.43. The van der Waals surface area contributed by atoms with Gasteiger partial charge in [-0.2, -0.15) is 0 Å². The van der Waals surface area contributed by atoms with Gasteiger partial charge in [0.15, 0.2) is 5.84 Å². The van der Waals surface area contributed by atoms with E-state index in [1.807, 2.05) is 12.2 Å². The summed E-state index contributed by atoms with van der Waals surface area (Å²) in [5.41, 5.74) is 6.70. The number of allylic oxidation sites excluding steroid dienone is 1. The van der Waals surface area contributed by atoms with Gasteiger partial charge in [-0.25, -0.2) is 9.98 Å². The number of hydrogen-bond acceptors (Lipinski definition) is 3. The van der Waals surface area contributed by atoms with E-state index in [0.717, 1.165) is 11.4 Å². The second-order valence-corrected chi connectivity index (χ2v) is 2.54. The molecule has 0 aliphatic carbocycles. The summed E-state index contributed by atoms with van der Waals surface area (Å²) in [7, 11) is 0. The Kier molecular flexibility index (Phi) is 1.43. The molecule has 2 rings (SSSR count).